The minimum Gasteiger partial charge on any atom is -0.494 e. The van der Waals surface area contributed by atoms with Gasteiger partial charge in [-0.05, 0) is 59.0 Å². The van der Waals surface area contributed by atoms with E-state index in [1.54, 1.807) is 27.0 Å². The van der Waals surface area contributed by atoms with Gasteiger partial charge in [0.1, 0.15) is 11.3 Å². The van der Waals surface area contributed by atoms with Gasteiger partial charge in [-0.2, -0.15) is 0 Å². The molecular formula is C34H41N7O4. The van der Waals surface area contributed by atoms with Gasteiger partial charge < -0.3 is 34.5 Å². The summed E-state index contributed by atoms with van der Waals surface area (Å²) >= 11 is 0. The number of aromatic nitrogens is 3. The summed E-state index contributed by atoms with van der Waals surface area (Å²) in [6.45, 7) is 8.10. The summed E-state index contributed by atoms with van der Waals surface area (Å²) < 4.78 is 13.4. The molecule has 0 unspecified atom stereocenters. The van der Waals surface area contributed by atoms with Gasteiger partial charge in [0.15, 0.2) is 0 Å². The van der Waals surface area contributed by atoms with Crippen LogP contribution in [0.15, 0.2) is 61.4 Å². The molecule has 11 heteroatoms. The smallest absolute Gasteiger partial charge is 0.342 e. The highest BCUT2D eigenvalue weighted by Crippen LogP contribution is 2.48. The first-order valence-corrected chi connectivity index (χ1v) is 14.9. The van der Waals surface area contributed by atoms with Crippen molar-refractivity contribution < 1.29 is 19.1 Å². The summed E-state index contributed by atoms with van der Waals surface area (Å²) in [6, 6.07) is 11.6. The predicted octanol–water partition coefficient (Wildman–Crippen LogP) is 5.61. The van der Waals surface area contributed by atoms with Gasteiger partial charge >= 0.3 is 5.97 Å². The van der Waals surface area contributed by atoms with E-state index in [0.717, 1.165) is 41.5 Å². The molecule has 0 atom stereocenters. The van der Waals surface area contributed by atoms with Gasteiger partial charge in [0, 0.05) is 55.6 Å². The van der Waals surface area contributed by atoms with Crippen LogP contribution in [0.1, 0.15) is 37.0 Å². The largest absolute Gasteiger partial charge is 0.494 e. The van der Waals surface area contributed by atoms with E-state index in [0.29, 0.717) is 22.8 Å². The van der Waals surface area contributed by atoms with Crippen LogP contribution in [0.25, 0.3) is 22.2 Å². The molecule has 1 fully saturated rings. The molecule has 11 nitrogen and oxygen atoms in total. The highest BCUT2D eigenvalue weighted by atomic mass is 16.5. The average molecular weight is 612 g/mol. The molecule has 2 N–H and O–H groups in total. The van der Waals surface area contributed by atoms with E-state index in [2.05, 4.69) is 46.1 Å². The highest BCUT2D eigenvalue weighted by molar-refractivity contribution is 6.04. The molecule has 5 rings (SSSR count). The third-order valence-corrected chi connectivity index (χ3v) is 8.02. The monoisotopic (exact) mass is 611 g/mol. The zero-order chi connectivity index (χ0) is 32.5. The van der Waals surface area contributed by atoms with E-state index in [1.165, 1.54) is 12.3 Å². The third kappa shape index (κ3) is 6.48. The molecule has 1 amide bonds. The van der Waals surface area contributed by atoms with E-state index in [4.69, 9.17) is 14.5 Å². The standard InChI is InChI=1S/C34H41N7O4/c1-9-30(42)36-25-16-26(29(44-8)17-28(25)41(7)34(14-15-34)20-39(4)5)37-33-35-18-23(32(43)45-21(2)3)31(38-33)24-19-40(6)27-13-11-10-12-22(24)27/h9-13,16-19,21H,1,14-15,20H2,2-8H3,(H,36,42)(H,35,37,38). The van der Waals surface area contributed by atoms with Crippen LogP contribution in [-0.4, -0.2) is 77.8 Å². The molecule has 2 heterocycles. The van der Waals surface area contributed by atoms with E-state index in [-0.39, 0.29) is 29.1 Å². The number of nitrogens with zero attached hydrogens (tertiary/aromatic N) is 5. The van der Waals surface area contributed by atoms with E-state index in [1.807, 2.05) is 55.2 Å². The van der Waals surface area contributed by atoms with Gasteiger partial charge in [0.05, 0.1) is 41.5 Å². The number of benzene rings is 2. The lowest BCUT2D eigenvalue weighted by Crippen LogP contribution is -2.42. The van der Waals surface area contributed by atoms with Crippen molar-refractivity contribution in [2.45, 2.75) is 38.3 Å². The fourth-order valence-electron chi connectivity index (χ4n) is 5.71. The second-order valence-electron chi connectivity index (χ2n) is 12.0. The van der Waals surface area contributed by atoms with Crippen LogP contribution in [-0.2, 0) is 16.6 Å². The maximum Gasteiger partial charge on any atom is 0.342 e. The van der Waals surface area contributed by atoms with Crippen LogP contribution in [0.5, 0.6) is 5.75 Å². The zero-order valence-corrected chi connectivity index (χ0v) is 27.0. The SMILES string of the molecule is C=CC(=O)Nc1cc(Nc2ncc(C(=O)OC(C)C)c(-c3cn(C)c4ccccc34)n2)c(OC)cc1N(C)C1(CN(C)C)CC1. The molecule has 2 aromatic carbocycles. The Morgan fingerprint density at radius 3 is 2.53 bits per heavy atom. The Morgan fingerprint density at radius 1 is 1.16 bits per heavy atom. The van der Waals surface area contributed by atoms with Gasteiger partial charge in [-0.3, -0.25) is 4.79 Å². The molecule has 0 radical (unpaired) electrons. The average Bonchev–Trinajstić information content (AvgIpc) is 3.70. The summed E-state index contributed by atoms with van der Waals surface area (Å²) in [6.07, 6.45) is 6.42. The van der Waals surface area contributed by atoms with Gasteiger partial charge in [-0.25, -0.2) is 14.8 Å². The van der Waals surface area contributed by atoms with Gasteiger partial charge in [0.25, 0.3) is 0 Å². The van der Waals surface area contributed by atoms with Crippen molar-refractivity contribution in [3.8, 4) is 17.0 Å². The molecule has 4 aromatic rings. The number of carbonyl (C=O) groups is 2. The van der Waals surface area contributed by atoms with Crippen molar-refractivity contribution >= 4 is 45.8 Å². The van der Waals surface area contributed by atoms with Crippen molar-refractivity contribution in [1.82, 2.24) is 19.4 Å². The molecule has 1 aliphatic carbocycles. The molecule has 45 heavy (non-hydrogen) atoms. The van der Waals surface area contributed by atoms with Crippen LogP contribution in [0.2, 0.25) is 0 Å². The number of anilines is 4. The summed E-state index contributed by atoms with van der Waals surface area (Å²) in [5.41, 5.74) is 4.34. The quantitative estimate of drug-likeness (QED) is 0.156. The van der Waals surface area contributed by atoms with Crippen LogP contribution in [0.3, 0.4) is 0 Å². The second kappa shape index (κ2) is 12.6. The fourth-order valence-corrected chi connectivity index (χ4v) is 5.71. The number of likely N-dealkylation sites (N-methyl/N-ethyl adjacent to an activating group) is 2. The Morgan fingerprint density at radius 2 is 1.89 bits per heavy atom. The lowest BCUT2D eigenvalue weighted by atomic mass is 10.1. The molecule has 1 aliphatic rings. The summed E-state index contributed by atoms with van der Waals surface area (Å²) in [4.78, 5) is 39.4. The number of ether oxygens (including phenoxy) is 2. The molecular weight excluding hydrogens is 570 g/mol. The van der Waals surface area contributed by atoms with Crippen molar-refractivity contribution in [3.05, 3.63) is 67.0 Å². The number of fused-ring (bicyclic) bond motifs is 1. The van der Waals surface area contributed by atoms with Gasteiger partial charge in [-0.1, -0.05) is 24.8 Å². The number of carbonyl (C=O) groups excluding carboxylic acids is 2. The number of nitrogens with one attached hydrogen (secondary N) is 2. The first kappa shape index (κ1) is 31.5. The Bertz CT molecular complexity index is 1760. The minimum absolute atomic E-state index is 0.0476. The minimum atomic E-state index is -0.509. The molecule has 0 bridgehead atoms. The number of aryl methyl sites for hydroxylation is 1. The van der Waals surface area contributed by atoms with Crippen LogP contribution < -0.4 is 20.3 Å². The highest BCUT2D eigenvalue weighted by Gasteiger charge is 2.47. The summed E-state index contributed by atoms with van der Waals surface area (Å²) in [5.74, 6) is -0.0650. The van der Waals surface area contributed by atoms with E-state index in [9.17, 15) is 9.59 Å². The number of amides is 1. The first-order valence-electron chi connectivity index (χ1n) is 14.9. The van der Waals surface area contributed by atoms with Crippen molar-refractivity contribution in [2.24, 2.45) is 7.05 Å². The predicted molar refractivity (Wildman–Crippen MR) is 179 cm³/mol. The molecule has 2 aromatic heterocycles. The fraction of sp³-hybridized carbons (Fsp3) is 0.353. The molecule has 0 aliphatic heterocycles. The maximum absolute atomic E-state index is 13.2. The van der Waals surface area contributed by atoms with Crippen LogP contribution in [0.4, 0.5) is 23.0 Å². The summed E-state index contributed by atoms with van der Waals surface area (Å²) in [7, 11) is 9.69. The van der Waals surface area contributed by atoms with E-state index >= 15 is 0 Å². The molecule has 0 spiro atoms. The normalized spacial score (nSPS) is 13.5. The Labute approximate surface area is 263 Å². The van der Waals surface area contributed by atoms with Crippen LogP contribution in [0, 0.1) is 0 Å². The number of hydrogen-bond acceptors (Lipinski definition) is 9. The first-order chi connectivity index (χ1) is 21.5. The Kier molecular flexibility index (Phi) is 8.83. The van der Waals surface area contributed by atoms with Crippen molar-refractivity contribution in [1.29, 1.82) is 0 Å². The summed E-state index contributed by atoms with van der Waals surface area (Å²) in [5, 5.41) is 7.17. The number of methoxy groups -OCH3 is 1. The maximum atomic E-state index is 13.2. The molecule has 1 saturated carbocycles. The Balaban J connectivity index is 1.60. The Hall–Kier alpha value is -4.90. The zero-order valence-electron chi connectivity index (χ0n) is 27.0. The third-order valence-electron chi connectivity index (χ3n) is 8.02. The molecule has 236 valence electrons. The van der Waals surface area contributed by atoms with Crippen molar-refractivity contribution in [3.63, 3.8) is 0 Å². The lowest BCUT2D eigenvalue weighted by molar-refractivity contribution is -0.111. The van der Waals surface area contributed by atoms with Crippen LogP contribution >= 0.6 is 0 Å². The van der Waals surface area contributed by atoms with Crippen molar-refractivity contribution in [2.75, 3.05) is 50.3 Å². The molecule has 0 saturated heterocycles. The topological polar surface area (TPSA) is 114 Å². The van der Waals surface area contributed by atoms with E-state index < -0.39 is 5.97 Å². The number of para-hydroxylation sites is 1. The number of hydrogen-bond donors (Lipinski definition) is 2. The number of esters is 1. The van der Waals surface area contributed by atoms with Gasteiger partial charge in [-0.15, -0.1) is 0 Å². The van der Waals surface area contributed by atoms with Gasteiger partial charge in [0.2, 0.25) is 11.9 Å². The second-order valence-corrected chi connectivity index (χ2v) is 12.0. The number of rotatable bonds is 12. The lowest BCUT2D eigenvalue weighted by Gasteiger charge is -2.34.